The Morgan fingerprint density at radius 3 is 2.86 bits per heavy atom. The van der Waals surface area contributed by atoms with Crippen molar-refractivity contribution in [2.75, 3.05) is 33.2 Å². The Hall–Kier alpha value is -1.47. The van der Waals surface area contributed by atoms with Crippen molar-refractivity contribution in [2.45, 2.75) is 38.8 Å². The van der Waals surface area contributed by atoms with Crippen molar-refractivity contribution in [3.8, 4) is 0 Å². The Labute approximate surface area is 126 Å². The Kier molecular flexibility index (Phi) is 5.69. The third-order valence-electron chi connectivity index (χ3n) is 4.11. The SMILES string of the molecule is C[C@@H](CCN(C)C(=O)c1cn(CCN)nn1)N1CCCC1. The molecule has 2 N–H and O–H groups in total. The maximum Gasteiger partial charge on any atom is 0.275 e. The van der Waals surface area contributed by atoms with Crippen LogP contribution in [0.4, 0.5) is 0 Å². The zero-order valence-corrected chi connectivity index (χ0v) is 13.0. The van der Waals surface area contributed by atoms with Crippen LogP contribution < -0.4 is 5.73 Å². The van der Waals surface area contributed by atoms with E-state index >= 15 is 0 Å². The van der Waals surface area contributed by atoms with E-state index in [0.717, 1.165) is 13.0 Å². The average molecular weight is 294 g/mol. The van der Waals surface area contributed by atoms with Gasteiger partial charge in [-0.05, 0) is 39.3 Å². The molecule has 2 heterocycles. The van der Waals surface area contributed by atoms with E-state index in [2.05, 4.69) is 22.1 Å². The molecule has 1 fully saturated rings. The zero-order valence-electron chi connectivity index (χ0n) is 13.0. The van der Waals surface area contributed by atoms with Crippen LogP contribution in [0.15, 0.2) is 6.20 Å². The molecule has 1 saturated heterocycles. The van der Waals surface area contributed by atoms with Crippen LogP contribution in [0, 0.1) is 0 Å². The molecule has 1 aromatic rings. The molecule has 21 heavy (non-hydrogen) atoms. The van der Waals surface area contributed by atoms with E-state index in [1.165, 1.54) is 25.9 Å². The van der Waals surface area contributed by atoms with Crippen LogP contribution in [0.2, 0.25) is 0 Å². The van der Waals surface area contributed by atoms with Gasteiger partial charge >= 0.3 is 0 Å². The topological polar surface area (TPSA) is 80.3 Å². The van der Waals surface area contributed by atoms with Crippen LogP contribution in [0.25, 0.3) is 0 Å². The Bertz CT molecular complexity index is 454. The lowest BCUT2D eigenvalue weighted by molar-refractivity contribution is 0.0775. The predicted molar refractivity (Wildman–Crippen MR) is 80.9 cm³/mol. The number of rotatable bonds is 7. The summed E-state index contributed by atoms with van der Waals surface area (Å²) in [5.41, 5.74) is 5.85. The van der Waals surface area contributed by atoms with Crippen molar-refractivity contribution < 1.29 is 4.79 Å². The normalized spacial score (nSPS) is 17.1. The van der Waals surface area contributed by atoms with Gasteiger partial charge in [-0.2, -0.15) is 0 Å². The second-order valence-electron chi connectivity index (χ2n) is 5.76. The minimum atomic E-state index is -0.0770. The molecule has 0 radical (unpaired) electrons. The van der Waals surface area contributed by atoms with Gasteiger partial charge < -0.3 is 15.5 Å². The molecule has 1 aliphatic heterocycles. The zero-order chi connectivity index (χ0) is 15.2. The minimum absolute atomic E-state index is 0.0770. The van der Waals surface area contributed by atoms with Gasteiger partial charge in [-0.15, -0.1) is 5.10 Å². The smallest absolute Gasteiger partial charge is 0.275 e. The molecule has 118 valence electrons. The fraction of sp³-hybridized carbons (Fsp3) is 0.786. The monoisotopic (exact) mass is 294 g/mol. The standard InChI is InChI=1S/C14H26N6O/c1-12(19-7-3-4-8-19)5-9-18(2)14(21)13-11-20(10-6-15)17-16-13/h11-12H,3-10,15H2,1-2H3/t12-/m0/s1. The van der Waals surface area contributed by atoms with Gasteiger partial charge in [0.1, 0.15) is 0 Å². The van der Waals surface area contributed by atoms with Crippen LogP contribution in [-0.2, 0) is 6.54 Å². The van der Waals surface area contributed by atoms with Crippen LogP contribution in [0.5, 0.6) is 0 Å². The molecule has 2 rings (SSSR count). The van der Waals surface area contributed by atoms with Crippen LogP contribution in [-0.4, -0.2) is 70.0 Å². The van der Waals surface area contributed by atoms with Crippen LogP contribution in [0.3, 0.4) is 0 Å². The highest BCUT2D eigenvalue weighted by molar-refractivity contribution is 5.91. The molecule has 7 nitrogen and oxygen atoms in total. The number of hydrogen-bond donors (Lipinski definition) is 1. The van der Waals surface area contributed by atoms with E-state index in [1.54, 1.807) is 15.8 Å². The average Bonchev–Trinajstić information content (AvgIpc) is 3.15. The first-order valence-electron chi connectivity index (χ1n) is 7.71. The molecular weight excluding hydrogens is 268 g/mol. The lowest BCUT2D eigenvalue weighted by atomic mass is 10.2. The van der Waals surface area contributed by atoms with Crippen molar-refractivity contribution >= 4 is 5.91 Å². The number of nitrogens with two attached hydrogens (primary N) is 1. The maximum atomic E-state index is 12.3. The summed E-state index contributed by atoms with van der Waals surface area (Å²) in [6.07, 6.45) is 5.24. The van der Waals surface area contributed by atoms with E-state index in [1.807, 2.05) is 7.05 Å². The van der Waals surface area contributed by atoms with E-state index < -0.39 is 0 Å². The first-order chi connectivity index (χ1) is 10.1. The fourth-order valence-electron chi connectivity index (χ4n) is 2.68. The molecule has 7 heteroatoms. The highest BCUT2D eigenvalue weighted by atomic mass is 16.2. The summed E-state index contributed by atoms with van der Waals surface area (Å²) in [6, 6.07) is 0.524. The number of carbonyl (C=O) groups excluding carboxylic acids is 1. The molecule has 1 aromatic heterocycles. The van der Waals surface area contributed by atoms with E-state index in [-0.39, 0.29) is 5.91 Å². The quantitative estimate of drug-likeness (QED) is 0.776. The van der Waals surface area contributed by atoms with Gasteiger partial charge in [0.25, 0.3) is 5.91 Å². The van der Waals surface area contributed by atoms with Crippen molar-refractivity contribution in [3.63, 3.8) is 0 Å². The predicted octanol–water partition coefficient (Wildman–Crippen LogP) is 0.183. The number of hydrogen-bond acceptors (Lipinski definition) is 5. The fourth-order valence-corrected chi connectivity index (χ4v) is 2.68. The van der Waals surface area contributed by atoms with E-state index in [4.69, 9.17) is 5.73 Å². The van der Waals surface area contributed by atoms with Crippen LogP contribution >= 0.6 is 0 Å². The summed E-state index contributed by atoms with van der Waals surface area (Å²) >= 11 is 0. The molecule has 0 aliphatic carbocycles. The second-order valence-corrected chi connectivity index (χ2v) is 5.76. The summed E-state index contributed by atoms with van der Waals surface area (Å²) in [5.74, 6) is -0.0770. The third-order valence-corrected chi connectivity index (χ3v) is 4.11. The van der Waals surface area contributed by atoms with Gasteiger partial charge in [-0.1, -0.05) is 5.21 Å². The molecule has 0 saturated carbocycles. The van der Waals surface area contributed by atoms with Gasteiger partial charge in [0, 0.05) is 26.2 Å². The summed E-state index contributed by atoms with van der Waals surface area (Å²) in [4.78, 5) is 16.5. The molecule has 1 amide bonds. The number of nitrogens with zero attached hydrogens (tertiary/aromatic N) is 5. The van der Waals surface area contributed by atoms with Gasteiger partial charge in [0.05, 0.1) is 12.7 Å². The molecule has 0 bridgehead atoms. The van der Waals surface area contributed by atoms with E-state index in [0.29, 0.717) is 24.8 Å². The second kappa shape index (κ2) is 7.51. The number of likely N-dealkylation sites (tertiary alicyclic amines) is 1. The van der Waals surface area contributed by atoms with Crippen molar-refractivity contribution in [1.82, 2.24) is 24.8 Å². The molecule has 1 atom stereocenters. The Balaban J connectivity index is 1.81. The number of carbonyl (C=O) groups is 1. The molecule has 0 spiro atoms. The minimum Gasteiger partial charge on any atom is -0.340 e. The first kappa shape index (κ1) is 15.9. The van der Waals surface area contributed by atoms with Gasteiger partial charge in [0.15, 0.2) is 5.69 Å². The number of aromatic nitrogens is 3. The molecular formula is C14H26N6O. The van der Waals surface area contributed by atoms with Crippen molar-refractivity contribution in [3.05, 3.63) is 11.9 Å². The highest BCUT2D eigenvalue weighted by Crippen LogP contribution is 2.14. The Morgan fingerprint density at radius 1 is 1.48 bits per heavy atom. The number of amides is 1. The molecule has 0 unspecified atom stereocenters. The summed E-state index contributed by atoms with van der Waals surface area (Å²) in [7, 11) is 1.82. The van der Waals surface area contributed by atoms with Gasteiger partial charge in [0.2, 0.25) is 0 Å². The van der Waals surface area contributed by atoms with Crippen LogP contribution in [0.1, 0.15) is 36.7 Å². The third kappa shape index (κ3) is 4.25. The van der Waals surface area contributed by atoms with Gasteiger partial charge in [-0.3, -0.25) is 9.48 Å². The summed E-state index contributed by atoms with van der Waals surface area (Å²) < 4.78 is 1.61. The summed E-state index contributed by atoms with van der Waals surface area (Å²) in [6.45, 7) is 6.41. The highest BCUT2D eigenvalue weighted by Gasteiger charge is 2.20. The molecule has 1 aliphatic rings. The maximum absolute atomic E-state index is 12.3. The van der Waals surface area contributed by atoms with Crippen molar-refractivity contribution in [1.29, 1.82) is 0 Å². The lowest BCUT2D eigenvalue weighted by Gasteiger charge is -2.25. The largest absolute Gasteiger partial charge is 0.340 e. The van der Waals surface area contributed by atoms with Gasteiger partial charge in [-0.25, -0.2) is 0 Å². The summed E-state index contributed by atoms with van der Waals surface area (Å²) in [5, 5.41) is 7.81. The van der Waals surface area contributed by atoms with Crippen molar-refractivity contribution in [2.24, 2.45) is 5.73 Å². The first-order valence-corrected chi connectivity index (χ1v) is 7.71. The molecule has 0 aromatic carbocycles. The Morgan fingerprint density at radius 2 is 2.19 bits per heavy atom. The van der Waals surface area contributed by atoms with E-state index in [9.17, 15) is 4.79 Å². The lowest BCUT2D eigenvalue weighted by Crippen LogP contribution is -2.35.